The summed E-state index contributed by atoms with van der Waals surface area (Å²) in [5.41, 5.74) is 3.67. The Morgan fingerprint density at radius 1 is 1.32 bits per heavy atom. The smallest absolute Gasteiger partial charge is 0.427 e. The van der Waals surface area contributed by atoms with E-state index in [0.29, 0.717) is 23.8 Å². The van der Waals surface area contributed by atoms with Gasteiger partial charge in [0.1, 0.15) is 11.5 Å². The molecule has 6 heteroatoms. The lowest BCUT2D eigenvalue weighted by molar-refractivity contribution is 0.152. The number of carbonyl (C=O) groups is 1. The minimum atomic E-state index is -0.589. The van der Waals surface area contributed by atoms with Crippen LogP contribution in [-0.4, -0.2) is 32.6 Å². The first-order valence-electron chi connectivity index (χ1n) is 5.81. The minimum absolute atomic E-state index is 0.298. The molecule has 0 unspecified atom stereocenters. The molecule has 0 aliphatic rings. The highest BCUT2D eigenvalue weighted by atomic mass is 16.5. The van der Waals surface area contributed by atoms with Gasteiger partial charge in [-0.1, -0.05) is 0 Å². The van der Waals surface area contributed by atoms with E-state index in [2.05, 4.69) is 10.5 Å². The number of hydrogen-bond acceptors (Lipinski definition) is 5. The van der Waals surface area contributed by atoms with E-state index < -0.39 is 6.09 Å². The Hall–Kier alpha value is -2.24. The molecule has 0 aromatic heterocycles. The van der Waals surface area contributed by atoms with Crippen LogP contribution in [0.1, 0.15) is 19.4 Å². The maximum atomic E-state index is 11.1. The molecule has 104 valence electrons. The second kappa shape index (κ2) is 7.25. The Bertz CT molecular complexity index is 472. The van der Waals surface area contributed by atoms with Crippen molar-refractivity contribution in [2.24, 2.45) is 5.10 Å². The zero-order valence-corrected chi connectivity index (χ0v) is 11.5. The van der Waals surface area contributed by atoms with Crippen molar-refractivity contribution in [1.29, 1.82) is 0 Å². The number of hydrazone groups is 1. The van der Waals surface area contributed by atoms with Crippen LogP contribution in [0.5, 0.6) is 11.5 Å². The van der Waals surface area contributed by atoms with Gasteiger partial charge in [0.2, 0.25) is 0 Å². The molecule has 1 aromatic rings. The summed E-state index contributed by atoms with van der Waals surface area (Å²) in [6, 6.07) is 5.35. The lowest BCUT2D eigenvalue weighted by atomic mass is 10.1. The third-order valence-electron chi connectivity index (χ3n) is 2.39. The topological polar surface area (TPSA) is 69.2 Å². The van der Waals surface area contributed by atoms with Crippen LogP contribution < -0.4 is 14.9 Å². The molecule has 0 spiro atoms. The second-order valence-corrected chi connectivity index (χ2v) is 3.60. The van der Waals surface area contributed by atoms with Crippen molar-refractivity contribution in [1.82, 2.24) is 5.43 Å². The fraction of sp³-hybridized carbons (Fsp3) is 0.385. The molecule has 0 fully saturated rings. The number of methoxy groups -OCH3 is 2. The van der Waals surface area contributed by atoms with Crippen molar-refractivity contribution in [3.05, 3.63) is 23.8 Å². The molecule has 0 atom stereocenters. The molecule has 1 amide bonds. The van der Waals surface area contributed by atoms with Crippen molar-refractivity contribution >= 4 is 11.8 Å². The number of rotatable bonds is 5. The average Bonchev–Trinajstić information content (AvgIpc) is 2.44. The number of ether oxygens (including phenoxy) is 3. The third kappa shape index (κ3) is 4.17. The molecule has 0 heterocycles. The molecule has 0 bridgehead atoms. The van der Waals surface area contributed by atoms with Gasteiger partial charge in [-0.3, -0.25) is 0 Å². The molecule has 0 aliphatic heterocycles. The molecule has 1 rings (SSSR count). The summed E-state index contributed by atoms with van der Waals surface area (Å²) in [5, 5.41) is 3.95. The van der Waals surface area contributed by atoms with Gasteiger partial charge in [0.15, 0.2) is 0 Å². The molecule has 6 nitrogen and oxygen atoms in total. The lowest BCUT2D eigenvalue weighted by Crippen LogP contribution is -2.20. The normalized spacial score (nSPS) is 10.8. The van der Waals surface area contributed by atoms with Crippen LogP contribution in [0.15, 0.2) is 23.3 Å². The number of nitrogens with zero attached hydrogens (tertiary/aromatic N) is 1. The average molecular weight is 266 g/mol. The number of benzene rings is 1. The first-order chi connectivity index (χ1) is 9.12. The fourth-order valence-corrected chi connectivity index (χ4v) is 1.45. The highest BCUT2D eigenvalue weighted by Crippen LogP contribution is 2.24. The summed E-state index contributed by atoms with van der Waals surface area (Å²) >= 11 is 0. The molecule has 19 heavy (non-hydrogen) atoms. The van der Waals surface area contributed by atoms with E-state index >= 15 is 0 Å². The fourth-order valence-electron chi connectivity index (χ4n) is 1.45. The number of amides is 1. The van der Waals surface area contributed by atoms with Crippen LogP contribution in [0.2, 0.25) is 0 Å². The van der Waals surface area contributed by atoms with Gasteiger partial charge in [0, 0.05) is 11.6 Å². The van der Waals surface area contributed by atoms with Crippen LogP contribution >= 0.6 is 0 Å². The Kier molecular flexibility index (Phi) is 5.66. The van der Waals surface area contributed by atoms with Crippen LogP contribution in [0.3, 0.4) is 0 Å². The van der Waals surface area contributed by atoms with E-state index in [1.54, 1.807) is 40.2 Å². The summed E-state index contributed by atoms with van der Waals surface area (Å²) in [6.07, 6.45) is -0.589. The van der Waals surface area contributed by atoms with E-state index in [1.165, 1.54) is 0 Å². The highest BCUT2D eigenvalue weighted by Gasteiger charge is 2.08. The standard InChI is InChI=1S/C13H18N2O4/c1-5-19-13(16)15-14-9(2)11-7-6-10(17-3)8-12(11)18-4/h6-8H,5H2,1-4H3,(H,15,16)/b14-9+. The van der Waals surface area contributed by atoms with Crippen LogP contribution in [0.25, 0.3) is 0 Å². The first-order valence-corrected chi connectivity index (χ1v) is 5.81. The molecular weight excluding hydrogens is 248 g/mol. The predicted octanol–water partition coefficient (Wildman–Crippen LogP) is 2.17. The van der Waals surface area contributed by atoms with Crippen molar-refractivity contribution in [2.75, 3.05) is 20.8 Å². The molecule has 0 radical (unpaired) electrons. The molecule has 0 saturated heterocycles. The van der Waals surface area contributed by atoms with Crippen LogP contribution in [0, 0.1) is 0 Å². The van der Waals surface area contributed by atoms with Gasteiger partial charge in [-0.2, -0.15) is 5.10 Å². The molecule has 1 N–H and O–H groups in total. The minimum Gasteiger partial charge on any atom is -0.497 e. The van der Waals surface area contributed by atoms with E-state index in [9.17, 15) is 4.79 Å². The summed E-state index contributed by atoms with van der Waals surface area (Å²) in [5.74, 6) is 1.30. The van der Waals surface area contributed by atoms with E-state index in [1.807, 2.05) is 6.07 Å². The number of nitrogens with one attached hydrogen (secondary N) is 1. The first kappa shape index (κ1) is 14.8. The van der Waals surface area contributed by atoms with Gasteiger partial charge in [-0.25, -0.2) is 10.2 Å². The summed E-state index contributed by atoms with van der Waals surface area (Å²) < 4.78 is 15.1. The zero-order valence-electron chi connectivity index (χ0n) is 11.5. The molecule has 1 aromatic carbocycles. The number of hydrogen-bond donors (Lipinski definition) is 1. The number of carbonyl (C=O) groups excluding carboxylic acids is 1. The SMILES string of the molecule is CCOC(=O)N/N=C(\C)c1ccc(OC)cc1OC. The van der Waals surface area contributed by atoms with Crippen molar-refractivity contribution in [2.45, 2.75) is 13.8 Å². The van der Waals surface area contributed by atoms with E-state index in [4.69, 9.17) is 14.2 Å². The molecule has 0 saturated carbocycles. The highest BCUT2D eigenvalue weighted by molar-refractivity contribution is 6.01. The van der Waals surface area contributed by atoms with Gasteiger partial charge in [0.25, 0.3) is 0 Å². The molecular formula is C13H18N2O4. The van der Waals surface area contributed by atoms with Gasteiger partial charge in [-0.05, 0) is 26.0 Å². The predicted molar refractivity (Wildman–Crippen MR) is 71.9 cm³/mol. The van der Waals surface area contributed by atoms with E-state index in [0.717, 1.165) is 5.56 Å². The van der Waals surface area contributed by atoms with Gasteiger partial charge in [0.05, 0.1) is 26.5 Å². The Labute approximate surface area is 112 Å². The summed E-state index contributed by atoms with van der Waals surface area (Å²) in [4.78, 5) is 11.1. The Balaban J connectivity index is 2.89. The van der Waals surface area contributed by atoms with Crippen molar-refractivity contribution in [3.8, 4) is 11.5 Å². The van der Waals surface area contributed by atoms with Crippen LogP contribution in [0.4, 0.5) is 4.79 Å². The molecule has 0 aliphatic carbocycles. The maximum Gasteiger partial charge on any atom is 0.427 e. The van der Waals surface area contributed by atoms with Gasteiger partial charge < -0.3 is 14.2 Å². The van der Waals surface area contributed by atoms with Crippen molar-refractivity contribution < 1.29 is 19.0 Å². The quantitative estimate of drug-likeness (QED) is 0.655. The largest absolute Gasteiger partial charge is 0.497 e. The maximum absolute atomic E-state index is 11.1. The van der Waals surface area contributed by atoms with Gasteiger partial charge in [-0.15, -0.1) is 0 Å². The zero-order chi connectivity index (χ0) is 14.3. The lowest BCUT2D eigenvalue weighted by Gasteiger charge is -2.10. The van der Waals surface area contributed by atoms with Crippen LogP contribution in [-0.2, 0) is 4.74 Å². The monoisotopic (exact) mass is 266 g/mol. The summed E-state index contributed by atoms with van der Waals surface area (Å²) in [6.45, 7) is 3.78. The Morgan fingerprint density at radius 2 is 2.05 bits per heavy atom. The second-order valence-electron chi connectivity index (χ2n) is 3.60. The van der Waals surface area contributed by atoms with Crippen molar-refractivity contribution in [3.63, 3.8) is 0 Å². The third-order valence-corrected chi connectivity index (χ3v) is 2.39. The summed E-state index contributed by atoms with van der Waals surface area (Å²) in [7, 11) is 3.14. The van der Waals surface area contributed by atoms with Gasteiger partial charge >= 0.3 is 6.09 Å². The van der Waals surface area contributed by atoms with E-state index in [-0.39, 0.29) is 0 Å². The Morgan fingerprint density at radius 3 is 2.63 bits per heavy atom.